The molecule has 0 bridgehead atoms. The van der Waals surface area contributed by atoms with Gasteiger partial charge in [-0.05, 0) is 38.4 Å². The molecule has 21 heavy (non-hydrogen) atoms. The molecule has 2 aliphatic heterocycles. The van der Waals surface area contributed by atoms with Crippen LogP contribution in [0.25, 0.3) is 0 Å². The van der Waals surface area contributed by atoms with Crippen molar-refractivity contribution in [1.29, 1.82) is 0 Å². The van der Waals surface area contributed by atoms with Crippen LogP contribution in [-0.2, 0) is 0 Å². The summed E-state index contributed by atoms with van der Waals surface area (Å²) >= 11 is 0. The van der Waals surface area contributed by atoms with Gasteiger partial charge in [0.15, 0.2) is 5.84 Å². The average Bonchev–Trinajstić information content (AvgIpc) is 2.53. The molecule has 2 atom stereocenters. The Morgan fingerprint density at radius 2 is 2.10 bits per heavy atom. The largest absolute Gasteiger partial charge is 0.409 e. The fraction of sp³-hybridized carbons (Fsp3) is 0.562. The third-order valence-electron chi connectivity index (χ3n) is 4.78. The monoisotopic (exact) mass is 288 g/mol. The number of piperazine rings is 1. The number of nitrogens with two attached hydrogens (primary N) is 1. The van der Waals surface area contributed by atoms with Crippen LogP contribution in [0.15, 0.2) is 29.4 Å². The van der Waals surface area contributed by atoms with Crippen molar-refractivity contribution in [2.24, 2.45) is 10.9 Å². The van der Waals surface area contributed by atoms with Crippen molar-refractivity contribution in [2.45, 2.75) is 38.3 Å². The highest BCUT2D eigenvalue weighted by Gasteiger charge is 2.33. The van der Waals surface area contributed by atoms with E-state index in [0.717, 1.165) is 24.3 Å². The van der Waals surface area contributed by atoms with Gasteiger partial charge < -0.3 is 15.8 Å². The molecular formula is C16H24N4O. The predicted molar refractivity (Wildman–Crippen MR) is 85.0 cm³/mol. The molecule has 2 heterocycles. The fourth-order valence-corrected chi connectivity index (χ4v) is 3.68. The van der Waals surface area contributed by atoms with Crippen LogP contribution < -0.4 is 10.6 Å². The van der Waals surface area contributed by atoms with Crippen LogP contribution in [0.4, 0.5) is 5.69 Å². The van der Waals surface area contributed by atoms with E-state index in [2.05, 4.69) is 27.9 Å². The highest BCUT2D eigenvalue weighted by atomic mass is 16.4. The van der Waals surface area contributed by atoms with Crippen molar-refractivity contribution in [2.75, 3.05) is 24.5 Å². The molecule has 1 aromatic rings. The van der Waals surface area contributed by atoms with E-state index in [0.29, 0.717) is 12.1 Å². The molecular weight excluding hydrogens is 264 g/mol. The Morgan fingerprint density at radius 1 is 1.29 bits per heavy atom. The highest BCUT2D eigenvalue weighted by molar-refractivity contribution is 6.02. The van der Waals surface area contributed by atoms with E-state index in [1.807, 2.05) is 18.2 Å². The standard InChI is InChI=1S/C16H24N4O/c1-12-10-19-9-5-4-6-13(19)11-20(12)15-8-3-2-7-14(15)16(17)18-21/h2-3,7-8,12-13,21H,4-6,9-11H2,1H3,(H2,17,18). The number of hydrogen-bond acceptors (Lipinski definition) is 4. The van der Waals surface area contributed by atoms with E-state index in [9.17, 15) is 0 Å². The van der Waals surface area contributed by atoms with Gasteiger partial charge in [0.2, 0.25) is 0 Å². The summed E-state index contributed by atoms with van der Waals surface area (Å²) in [6, 6.07) is 9.01. The molecule has 0 spiro atoms. The summed E-state index contributed by atoms with van der Waals surface area (Å²) in [4.78, 5) is 5.04. The lowest BCUT2D eigenvalue weighted by Gasteiger charge is -2.48. The number of piperidine rings is 1. The number of fused-ring (bicyclic) bond motifs is 1. The average molecular weight is 288 g/mol. The second kappa shape index (κ2) is 5.93. The first-order valence-electron chi connectivity index (χ1n) is 7.78. The van der Waals surface area contributed by atoms with Gasteiger partial charge in [0.25, 0.3) is 0 Å². The summed E-state index contributed by atoms with van der Waals surface area (Å²) in [5.74, 6) is 0.184. The summed E-state index contributed by atoms with van der Waals surface area (Å²) < 4.78 is 0. The van der Waals surface area contributed by atoms with E-state index in [-0.39, 0.29) is 5.84 Å². The molecule has 5 nitrogen and oxygen atoms in total. The molecule has 0 aliphatic carbocycles. The lowest BCUT2D eigenvalue weighted by Crippen LogP contribution is -2.59. The summed E-state index contributed by atoms with van der Waals surface area (Å²) in [5, 5.41) is 12.2. The fourth-order valence-electron chi connectivity index (χ4n) is 3.68. The number of amidine groups is 1. The number of oxime groups is 1. The third kappa shape index (κ3) is 2.70. The quantitative estimate of drug-likeness (QED) is 0.377. The molecule has 2 fully saturated rings. The van der Waals surface area contributed by atoms with Crippen molar-refractivity contribution in [3.63, 3.8) is 0 Å². The molecule has 0 saturated carbocycles. The number of para-hydroxylation sites is 1. The van der Waals surface area contributed by atoms with Crippen LogP contribution in [-0.4, -0.2) is 47.7 Å². The molecule has 5 heteroatoms. The molecule has 0 aromatic heterocycles. The lowest BCUT2D eigenvalue weighted by atomic mass is 9.96. The first-order valence-corrected chi connectivity index (χ1v) is 7.78. The van der Waals surface area contributed by atoms with Crippen molar-refractivity contribution in [3.8, 4) is 0 Å². The van der Waals surface area contributed by atoms with Gasteiger partial charge in [-0.3, -0.25) is 4.90 Å². The molecule has 114 valence electrons. The SMILES string of the molecule is CC1CN2CCCCC2CN1c1ccccc1/C(N)=N/O. The zero-order valence-electron chi connectivity index (χ0n) is 12.6. The van der Waals surface area contributed by atoms with Gasteiger partial charge in [-0.1, -0.05) is 23.7 Å². The van der Waals surface area contributed by atoms with Crippen molar-refractivity contribution in [3.05, 3.63) is 29.8 Å². The first kappa shape index (κ1) is 14.2. The molecule has 2 aliphatic rings. The summed E-state index contributed by atoms with van der Waals surface area (Å²) in [6.07, 6.45) is 3.92. The Balaban J connectivity index is 1.89. The third-order valence-corrected chi connectivity index (χ3v) is 4.78. The van der Waals surface area contributed by atoms with Gasteiger partial charge in [-0.2, -0.15) is 0 Å². The second-order valence-corrected chi connectivity index (χ2v) is 6.15. The van der Waals surface area contributed by atoms with Crippen molar-refractivity contribution < 1.29 is 5.21 Å². The van der Waals surface area contributed by atoms with E-state index < -0.39 is 0 Å². The summed E-state index contributed by atoms with van der Waals surface area (Å²) in [7, 11) is 0. The number of rotatable bonds is 2. The molecule has 1 aromatic carbocycles. The minimum atomic E-state index is 0.184. The van der Waals surface area contributed by atoms with Crippen LogP contribution in [0.1, 0.15) is 31.7 Å². The minimum Gasteiger partial charge on any atom is -0.409 e. The normalized spacial score (nSPS) is 27.5. The Morgan fingerprint density at radius 3 is 2.90 bits per heavy atom. The van der Waals surface area contributed by atoms with Gasteiger partial charge in [-0.15, -0.1) is 0 Å². The minimum absolute atomic E-state index is 0.184. The predicted octanol–water partition coefficient (Wildman–Crippen LogP) is 1.84. The summed E-state index contributed by atoms with van der Waals surface area (Å²) in [6.45, 7) is 5.60. The van der Waals surface area contributed by atoms with Crippen LogP contribution in [0.3, 0.4) is 0 Å². The molecule has 3 N–H and O–H groups in total. The topological polar surface area (TPSA) is 65.1 Å². The zero-order chi connectivity index (χ0) is 14.8. The molecule has 2 unspecified atom stereocenters. The van der Waals surface area contributed by atoms with Crippen LogP contribution in [0.5, 0.6) is 0 Å². The number of nitrogens with zero attached hydrogens (tertiary/aromatic N) is 3. The smallest absolute Gasteiger partial charge is 0.172 e. The molecule has 0 amide bonds. The number of anilines is 1. The van der Waals surface area contributed by atoms with E-state index >= 15 is 0 Å². The Kier molecular flexibility index (Phi) is 4.01. The maximum absolute atomic E-state index is 9.00. The maximum atomic E-state index is 9.00. The van der Waals surface area contributed by atoms with Gasteiger partial charge in [0.1, 0.15) is 0 Å². The van der Waals surface area contributed by atoms with Gasteiger partial charge >= 0.3 is 0 Å². The van der Waals surface area contributed by atoms with E-state index in [1.165, 1.54) is 25.8 Å². The van der Waals surface area contributed by atoms with Gasteiger partial charge in [-0.25, -0.2) is 0 Å². The van der Waals surface area contributed by atoms with Gasteiger partial charge in [0, 0.05) is 36.4 Å². The van der Waals surface area contributed by atoms with Crippen molar-refractivity contribution in [1.82, 2.24) is 4.90 Å². The second-order valence-electron chi connectivity index (χ2n) is 6.15. The molecule has 0 radical (unpaired) electrons. The molecule has 3 rings (SSSR count). The molecule has 2 saturated heterocycles. The first-order chi connectivity index (χ1) is 10.2. The number of benzene rings is 1. The summed E-state index contributed by atoms with van der Waals surface area (Å²) in [5.41, 5.74) is 7.73. The Bertz CT molecular complexity index is 531. The Labute approximate surface area is 126 Å². The van der Waals surface area contributed by atoms with Crippen LogP contribution in [0.2, 0.25) is 0 Å². The highest BCUT2D eigenvalue weighted by Crippen LogP contribution is 2.30. The zero-order valence-corrected chi connectivity index (χ0v) is 12.6. The number of hydrogen-bond donors (Lipinski definition) is 2. The Hall–Kier alpha value is -1.75. The van der Waals surface area contributed by atoms with Gasteiger partial charge in [0.05, 0.1) is 0 Å². The van der Waals surface area contributed by atoms with Crippen molar-refractivity contribution >= 4 is 11.5 Å². The van der Waals surface area contributed by atoms with Crippen LogP contribution in [0, 0.1) is 0 Å². The lowest BCUT2D eigenvalue weighted by molar-refractivity contribution is 0.115. The maximum Gasteiger partial charge on any atom is 0.172 e. The van der Waals surface area contributed by atoms with E-state index in [1.54, 1.807) is 0 Å². The van der Waals surface area contributed by atoms with E-state index in [4.69, 9.17) is 10.9 Å². The van der Waals surface area contributed by atoms with Crippen LogP contribution >= 0.6 is 0 Å².